The Bertz CT molecular complexity index is 4040. The molecule has 145 heavy (non-hydrogen) atoms. The van der Waals surface area contributed by atoms with Gasteiger partial charge in [-0.25, -0.2) is 25.0 Å². The van der Waals surface area contributed by atoms with E-state index in [1.54, 1.807) is 52.1 Å². The average molecular weight is 2040 g/mol. The highest BCUT2D eigenvalue weighted by atomic mass is 15.3. The summed E-state index contributed by atoms with van der Waals surface area (Å²) in [5.74, 6) is 8.16. The Hall–Kier alpha value is -12.6. The second-order valence-electron chi connectivity index (χ2n) is 38.7. The maximum Gasteiger partial charge on any atom is 0.221 e. The standard InChI is InChI=1S/C11H23N5.4C10H21N5.4C9H19N5.C8H17N5/c1-16(2)11(13)15-10(12)14-8-9-6-4-3-5-7-9;1-15(2)10(12)14-9(11)13-8-6-4-3-5-7-8;1-13-9(11)15-10(12)14-7-8-5-3-2-4-6-8;1-15(9(11)12)10(13)14-7-8-5-3-2-4-6-8;1-13-10(15-9(11)12)14-7-8-5-3-2-4-6-8;1-12-8(10)14-9(11)13-7-5-3-2-4-6-7;1-14(8(10)11)9(12)13-7-5-3-2-4-6-7;1-12-9(14-8(10)11)13-7-5-3-2-4-6-7;10-8(11)14-9(12)13-6-7-4-2-1-3-5-7;9-7(10)13-8(11)12-6-4-2-1-3-5-6/h9H,3-8H2,1-2H3,(H4,12,13,14,15);8H,3-7H2,1-2H3,(H4,11,12,13,14);8H,2-7H2,1H3,(H5,11,12,13,14,15);8H,2-7H2,1H3,(H3,11,12)(H2,13,14);8H,2-7H2,1H3,(H5,11,12,13,14,15);7H,2-6H2,1H3,(H5,10,11,12,13,14);7H,2-6H2,1H3,(H3,10,11)(H2,12,13);7H,2-6H2,1H3,(H5,10,11,12,13,14);7H,1-6H2,(H6,10,11,12,13,14);6H,1-5H2,(H6,9,10,11,12,13). The van der Waals surface area contributed by atoms with Gasteiger partial charge in [0.25, 0.3) is 0 Å². The molecule has 10 aliphatic carbocycles. The Kier molecular flexibility index (Phi) is 72.6. The van der Waals surface area contributed by atoms with Gasteiger partial charge in [-0.2, -0.15) is 25.0 Å². The van der Waals surface area contributed by atoms with Gasteiger partial charge in [0.1, 0.15) is 0 Å². The van der Waals surface area contributed by atoms with E-state index in [-0.39, 0.29) is 53.6 Å². The Balaban J connectivity index is 0.000000806. The number of rotatable bonds is 15. The molecule has 0 radical (unpaired) electrons. The minimum Gasteiger partial charge on any atom is -0.370 e. The number of nitrogens with two attached hydrogens (primary N) is 21. The van der Waals surface area contributed by atoms with Crippen LogP contribution in [0.1, 0.15) is 321 Å². The van der Waals surface area contributed by atoms with E-state index in [2.05, 4.69) is 111 Å². The molecule has 0 saturated heterocycles. The van der Waals surface area contributed by atoms with Crippen molar-refractivity contribution in [1.82, 2.24) is 46.2 Å². The number of guanidine groups is 20. The van der Waals surface area contributed by atoms with E-state index in [1.165, 1.54) is 267 Å². The summed E-state index contributed by atoms with van der Waals surface area (Å²) in [6.07, 6.45) is 62.8. The molecule has 0 aromatic carbocycles. The summed E-state index contributed by atoms with van der Waals surface area (Å²) in [6.45, 7) is 4.03. The van der Waals surface area contributed by atoms with Crippen LogP contribution in [0.15, 0.2) is 84.9 Å². The maximum absolute atomic E-state index is 7.20. The predicted octanol–water partition coefficient (Wildman–Crippen LogP) is 3.87. The smallest absolute Gasteiger partial charge is 0.221 e. The van der Waals surface area contributed by atoms with Crippen LogP contribution >= 0.6 is 0 Å². The monoisotopic (exact) mass is 2040 g/mol. The van der Waals surface area contributed by atoms with Crippen molar-refractivity contribution in [1.29, 1.82) is 16.2 Å². The molecule has 10 rings (SSSR count). The number of hydrogen-bond donors (Lipinski definition) is 29. The fraction of sp³-hybridized carbons (Fsp3) is 0.789. The summed E-state index contributed by atoms with van der Waals surface area (Å²) in [5, 5.41) is 35.7. The van der Waals surface area contributed by atoms with Crippen LogP contribution in [0.25, 0.3) is 0 Å². The van der Waals surface area contributed by atoms with Crippen LogP contribution in [-0.4, -0.2) is 272 Å². The molecule has 0 atom stereocenters. The summed E-state index contributed by atoms with van der Waals surface area (Å²) >= 11 is 0. The molecule has 830 valence electrons. The molecule has 0 bridgehead atoms. The van der Waals surface area contributed by atoms with Gasteiger partial charge in [-0.1, -0.05) is 193 Å². The lowest BCUT2D eigenvalue weighted by Gasteiger charge is -2.22. The summed E-state index contributed by atoms with van der Waals surface area (Å²) in [7, 11) is 17.3. The third-order valence-electron chi connectivity index (χ3n) is 25.9. The zero-order chi connectivity index (χ0) is 108. The normalized spacial score (nSPS) is 19.7. The van der Waals surface area contributed by atoms with Gasteiger partial charge in [0.2, 0.25) is 29.8 Å². The van der Waals surface area contributed by atoms with Crippen LogP contribution in [0, 0.1) is 45.8 Å². The highest BCUT2D eigenvalue weighted by Gasteiger charge is 2.22. The third kappa shape index (κ3) is 70.7. The van der Waals surface area contributed by atoms with Crippen LogP contribution in [0.2, 0.25) is 0 Å². The van der Waals surface area contributed by atoms with Crippen molar-refractivity contribution < 1.29 is 0 Å². The lowest BCUT2D eigenvalue weighted by Crippen LogP contribution is -2.45. The van der Waals surface area contributed by atoms with Crippen molar-refractivity contribution >= 4 is 119 Å². The molecular formula is C95H200N50. The van der Waals surface area contributed by atoms with E-state index in [0.717, 1.165) is 103 Å². The number of nitrogens with one attached hydrogen (secondary N) is 8. The van der Waals surface area contributed by atoms with E-state index in [4.69, 9.17) is 137 Å². The minimum absolute atomic E-state index is 0.0305. The van der Waals surface area contributed by atoms with E-state index < -0.39 is 0 Å². The first-order valence-corrected chi connectivity index (χ1v) is 52.7. The number of aliphatic imine (C=N–C) groups is 17. The molecule has 0 unspecified atom stereocenters. The molecule has 0 amide bonds. The summed E-state index contributed by atoms with van der Waals surface area (Å²) in [6, 6.07) is 1.73. The lowest BCUT2D eigenvalue weighted by atomic mass is 9.89. The molecule has 0 aromatic heterocycles. The second-order valence-corrected chi connectivity index (χ2v) is 38.7. The maximum atomic E-state index is 7.20. The first kappa shape index (κ1) is 130. The minimum atomic E-state index is -0.0771. The summed E-state index contributed by atoms with van der Waals surface area (Å²) in [5.41, 5.74) is 114. The van der Waals surface area contributed by atoms with Gasteiger partial charge in [0.15, 0.2) is 89.4 Å². The predicted molar refractivity (Wildman–Crippen MR) is 611 cm³/mol. The molecule has 10 aliphatic rings. The van der Waals surface area contributed by atoms with Gasteiger partial charge in [0.05, 0.1) is 30.2 Å². The summed E-state index contributed by atoms with van der Waals surface area (Å²) < 4.78 is 0. The quantitative estimate of drug-likeness (QED) is 0.0817. The molecule has 50 nitrogen and oxygen atoms in total. The molecule has 50 heteroatoms. The molecule has 10 saturated carbocycles. The third-order valence-corrected chi connectivity index (χ3v) is 25.9. The van der Waals surface area contributed by atoms with Crippen LogP contribution in [0.4, 0.5) is 0 Å². The first-order chi connectivity index (χ1) is 69.1. The van der Waals surface area contributed by atoms with Crippen LogP contribution in [0.3, 0.4) is 0 Å². The van der Waals surface area contributed by atoms with Crippen molar-refractivity contribution in [2.24, 2.45) is 235 Å². The van der Waals surface area contributed by atoms with Crippen molar-refractivity contribution in [2.45, 2.75) is 351 Å². The van der Waals surface area contributed by atoms with E-state index >= 15 is 0 Å². The topological polar surface area (TPSA) is 901 Å². The Morgan fingerprint density at radius 3 is 0.855 bits per heavy atom. The highest BCUT2D eigenvalue weighted by molar-refractivity contribution is 6.00. The summed E-state index contributed by atoms with van der Waals surface area (Å²) in [4.78, 5) is 75.6. The van der Waals surface area contributed by atoms with Crippen molar-refractivity contribution in [3.05, 3.63) is 0 Å². The lowest BCUT2D eigenvalue weighted by molar-refractivity contribution is 0.356. The first-order valence-electron chi connectivity index (χ1n) is 52.7. The van der Waals surface area contributed by atoms with Gasteiger partial charge < -0.3 is 141 Å². The Morgan fingerprint density at radius 1 is 0.262 bits per heavy atom. The van der Waals surface area contributed by atoms with Gasteiger partial charge >= 0.3 is 0 Å². The largest absolute Gasteiger partial charge is 0.370 e. The van der Waals surface area contributed by atoms with Crippen LogP contribution in [-0.2, 0) is 0 Å². The molecule has 50 N–H and O–H groups in total. The fourth-order valence-corrected chi connectivity index (χ4v) is 17.3. The van der Waals surface area contributed by atoms with Crippen molar-refractivity contribution in [3.8, 4) is 0 Å². The highest BCUT2D eigenvalue weighted by Crippen LogP contribution is 2.30. The van der Waals surface area contributed by atoms with Gasteiger partial charge in [-0.3, -0.25) is 76.9 Å². The molecule has 0 aliphatic heterocycles. The average Bonchev–Trinajstić information content (AvgIpc) is 0.894. The molecule has 0 heterocycles. The van der Waals surface area contributed by atoms with Gasteiger partial charge in [0, 0.05) is 103 Å². The number of hydrogen-bond acceptors (Lipinski definition) is 15. The molecular weight excluding hydrogens is 1840 g/mol. The van der Waals surface area contributed by atoms with Crippen molar-refractivity contribution in [3.63, 3.8) is 0 Å². The number of nitrogens with zero attached hydrogens (tertiary/aromatic N) is 21. The second kappa shape index (κ2) is 80.7. The fourth-order valence-electron chi connectivity index (χ4n) is 17.3. The van der Waals surface area contributed by atoms with Gasteiger partial charge in [-0.05, 0) is 158 Å². The van der Waals surface area contributed by atoms with Crippen molar-refractivity contribution in [2.75, 3.05) is 103 Å². The Morgan fingerprint density at radius 2 is 0.538 bits per heavy atom. The van der Waals surface area contributed by atoms with Crippen LogP contribution in [0.5, 0.6) is 0 Å². The van der Waals surface area contributed by atoms with Crippen LogP contribution < -0.4 is 147 Å². The SMILES string of the molecule is CN(C(=N)N)C(N)=NC1CCCCC1.CN(C(=N)N)C(N)=NCC1CCCCC1.CN(C)C(N)=NC(N)=NC1CCCCC1.CN(C)C(N)=NC(N)=NCC1CCCCC1.CN=C(N)NC(N)=NC1CCCCC1.CN=C(N)NC(N)=NCC1CCCCC1.CN=C(NCC1CCCCC1)NC(=N)N.CNC(N=C(N)N)=NC1CCCCC1.NC(N)=NC(N)=NC1CCCCC1.NC(N)=NC(N)=NCC1CCCCC1. The molecule has 0 aromatic rings. The van der Waals surface area contributed by atoms with E-state index in [1.807, 2.05) is 28.2 Å². The van der Waals surface area contributed by atoms with Gasteiger partial charge in [-0.15, -0.1) is 0 Å². The van der Waals surface area contributed by atoms with E-state index in [9.17, 15) is 0 Å². The molecule has 0 spiro atoms. The zero-order valence-corrected chi connectivity index (χ0v) is 90.2. The zero-order valence-electron chi connectivity index (χ0n) is 90.2. The van der Waals surface area contributed by atoms with E-state index in [0.29, 0.717) is 119 Å². The molecule has 10 fully saturated rings. The Labute approximate surface area is 866 Å².